The van der Waals surface area contributed by atoms with Crippen LogP contribution in [-0.4, -0.2) is 28.5 Å². The number of phenolic OH excluding ortho intramolecular Hbond substituents is 2. The zero-order valence-electron chi connectivity index (χ0n) is 9.48. The lowest BCUT2D eigenvalue weighted by molar-refractivity contribution is 0.283. The molecule has 90 valence electrons. The first kappa shape index (κ1) is 12.8. The molecule has 0 saturated heterocycles. The van der Waals surface area contributed by atoms with Gasteiger partial charge < -0.3 is 20.6 Å². The van der Waals surface area contributed by atoms with Crippen molar-refractivity contribution >= 4 is 0 Å². The zero-order chi connectivity index (χ0) is 12.0. The van der Waals surface area contributed by atoms with Crippen molar-refractivity contribution in [1.29, 1.82) is 0 Å². The molecule has 1 atom stereocenters. The molecule has 0 radical (unpaired) electrons. The molecule has 16 heavy (non-hydrogen) atoms. The second-order valence-corrected chi connectivity index (χ2v) is 3.89. The van der Waals surface area contributed by atoms with E-state index in [4.69, 9.17) is 5.11 Å². The predicted octanol–water partition coefficient (Wildman–Crippen LogP) is 1.52. The normalized spacial score (nSPS) is 12.6. The minimum Gasteiger partial charge on any atom is -0.508 e. The summed E-state index contributed by atoms with van der Waals surface area (Å²) in [7, 11) is 0. The summed E-state index contributed by atoms with van der Waals surface area (Å²) in [5.41, 5.74) is 0.849. The van der Waals surface area contributed by atoms with E-state index in [1.807, 2.05) is 6.92 Å². The molecule has 0 saturated carbocycles. The van der Waals surface area contributed by atoms with Gasteiger partial charge in [-0.3, -0.25) is 0 Å². The summed E-state index contributed by atoms with van der Waals surface area (Å²) < 4.78 is 0. The molecule has 1 unspecified atom stereocenters. The number of nitrogens with one attached hydrogen (secondary N) is 1. The highest BCUT2D eigenvalue weighted by atomic mass is 16.3. The number of benzene rings is 1. The maximum Gasteiger partial charge on any atom is 0.119 e. The van der Waals surface area contributed by atoms with Crippen molar-refractivity contribution in [3.05, 3.63) is 23.8 Å². The molecule has 1 rings (SSSR count). The van der Waals surface area contributed by atoms with Crippen LogP contribution in [0.2, 0.25) is 0 Å². The Morgan fingerprint density at radius 3 is 2.31 bits per heavy atom. The summed E-state index contributed by atoms with van der Waals surface area (Å²) in [6.07, 6.45) is 1.69. The Morgan fingerprint density at radius 2 is 1.75 bits per heavy atom. The van der Waals surface area contributed by atoms with E-state index in [2.05, 4.69) is 5.32 Å². The second kappa shape index (κ2) is 6.35. The highest BCUT2D eigenvalue weighted by molar-refractivity contribution is 5.37. The Bertz CT molecular complexity index is 308. The molecular formula is C12H19NO3. The summed E-state index contributed by atoms with van der Waals surface area (Å²) in [5, 5.41) is 30.5. The van der Waals surface area contributed by atoms with Crippen LogP contribution in [0.3, 0.4) is 0 Å². The molecule has 1 aromatic carbocycles. The maximum atomic E-state index is 9.33. The van der Waals surface area contributed by atoms with Gasteiger partial charge >= 0.3 is 0 Å². The van der Waals surface area contributed by atoms with E-state index in [0.717, 1.165) is 24.9 Å². The molecule has 0 spiro atoms. The largest absolute Gasteiger partial charge is 0.508 e. The summed E-state index contributed by atoms with van der Waals surface area (Å²) in [6, 6.07) is 4.63. The van der Waals surface area contributed by atoms with Gasteiger partial charge in [-0.15, -0.1) is 0 Å². The highest BCUT2D eigenvalue weighted by Crippen LogP contribution is 2.24. The van der Waals surface area contributed by atoms with Crippen LogP contribution >= 0.6 is 0 Å². The number of aliphatic hydroxyl groups excluding tert-OH is 1. The Morgan fingerprint density at radius 1 is 1.12 bits per heavy atom. The lowest BCUT2D eigenvalue weighted by atomic mass is 10.1. The zero-order valence-corrected chi connectivity index (χ0v) is 9.48. The van der Waals surface area contributed by atoms with Crippen molar-refractivity contribution in [3.8, 4) is 11.5 Å². The number of phenols is 2. The van der Waals surface area contributed by atoms with Gasteiger partial charge in [-0.2, -0.15) is 0 Å². The van der Waals surface area contributed by atoms with Gasteiger partial charge in [0, 0.05) is 18.7 Å². The fourth-order valence-corrected chi connectivity index (χ4v) is 1.54. The highest BCUT2D eigenvalue weighted by Gasteiger charge is 2.06. The Labute approximate surface area is 95.6 Å². The van der Waals surface area contributed by atoms with Gasteiger partial charge in [-0.05, 0) is 44.0 Å². The van der Waals surface area contributed by atoms with Crippen molar-refractivity contribution < 1.29 is 15.3 Å². The first-order valence-corrected chi connectivity index (χ1v) is 5.50. The van der Waals surface area contributed by atoms with E-state index in [0.29, 0.717) is 0 Å². The van der Waals surface area contributed by atoms with Gasteiger partial charge in [0.25, 0.3) is 0 Å². The van der Waals surface area contributed by atoms with Crippen LogP contribution < -0.4 is 5.32 Å². The maximum absolute atomic E-state index is 9.33. The average Bonchev–Trinajstić information content (AvgIpc) is 2.22. The third kappa shape index (κ3) is 4.08. The van der Waals surface area contributed by atoms with Gasteiger partial charge in [0.1, 0.15) is 11.5 Å². The molecule has 0 bridgehead atoms. The van der Waals surface area contributed by atoms with E-state index >= 15 is 0 Å². The van der Waals surface area contributed by atoms with Gasteiger partial charge in [-0.1, -0.05) is 0 Å². The number of aromatic hydroxyl groups is 2. The van der Waals surface area contributed by atoms with Gasteiger partial charge in [0.05, 0.1) is 0 Å². The first-order chi connectivity index (χ1) is 7.63. The number of hydrogen-bond donors (Lipinski definition) is 4. The van der Waals surface area contributed by atoms with Gasteiger partial charge in [-0.25, -0.2) is 0 Å². The summed E-state index contributed by atoms with van der Waals surface area (Å²) in [5.74, 6) is 0.137. The number of unbranched alkanes of at least 4 members (excludes halogenated alkanes) is 1. The van der Waals surface area contributed by atoms with Crippen molar-refractivity contribution in [2.75, 3.05) is 13.2 Å². The molecule has 0 aliphatic rings. The minimum absolute atomic E-state index is 0.0664. The second-order valence-electron chi connectivity index (χ2n) is 3.89. The molecule has 4 heteroatoms. The van der Waals surface area contributed by atoms with Crippen molar-refractivity contribution in [2.45, 2.75) is 25.8 Å². The van der Waals surface area contributed by atoms with E-state index in [9.17, 15) is 10.2 Å². The molecular weight excluding hydrogens is 206 g/mol. The third-order valence-corrected chi connectivity index (χ3v) is 2.46. The van der Waals surface area contributed by atoms with Gasteiger partial charge in [0.15, 0.2) is 0 Å². The number of rotatable bonds is 6. The van der Waals surface area contributed by atoms with Crippen LogP contribution in [0, 0.1) is 0 Å². The molecule has 0 heterocycles. The van der Waals surface area contributed by atoms with E-state index in [-0.39, 0.29) is 24.1 Å². The number of aliphatic hydroxyl groups is 1. The molecule has 4 N–H and O–H groups in total. The molecule has 0 aromatic heterocycles. The van der Waals surface area contributed by atoms with Gasteiger partial charge in [0.2, 0.25) is 0 Å². The topological polar surface area (TPSA) is 72.7 Å². The van der Waals surface area contributed by atoms with Crippen molar-refractivity contribution in [1.82, 2.24) is 5.32 Å². The predicted molar refractivity (Wildman–Crippen MR) is 62.5 cm³/mol. The molecule has 0 amide bonds. The van der Waals surface area contributed by atoms with E-state index < -0.39 is 0 Å². The molecule has 0 aliphatic heterocycles. The fraction of sp³-hybridized carbons (Fsp3) is 0.500. The summed E-state index contributed by atoms with van der Waals surface area (Å²) >= 11 is 0. The summed E-state index contributed by atoms with van der Waals surface area (Å²) in [4.78, 5) is 0. The quantitative estimate of drug-likeness (QED) is 0.554. The monoisotopic (exact) mass is 225 g/mol. The number of hydrogen-bond acceptors (Lipinski definition) is 4. The Hall–Kier alpha value is -1.26. The van der Waals surface area contributed by atoms with E-state index in [1.165, 1.54) is 6.07 Å². The SMILES string of the molecule is CC(NCCCCO)c1cc(O)cc(O)c1. The molecule has 0 aliphatic carbocycles. The smallest absolute Gasteiger partial charge is 0.119 e. The molecule has 1 aromatic rings. The van der Waals surface area contributed by atoms with Crippen LogP contribution in [0.4, 0.5) is 0 Å². The van der Waals surface area contributed by atoms with Crippen LogP contribution in [0.1, 0.15) is 31.4 Å². The average molecular weight is 225 g/mol. The molecule has 4 nitrogen and oxygen atoms in total. The van der Waals surface area contributed by atoms with Crippen LogP contribution in [0.5, 0.6) is 11.5 Å². The first-order valence-electron chi connectivity index (χ1n) is 5.50. The standard InChI is InChI=1S/C12H19NO3/c1-9(13-4-2-3-5-14)10-6-11(15)8-12(16)7-10/h6-9,13-16H,2-5H2,1H3. The van der Waals surface area contributed by atoms with E-state index in [1.54, 1.807) is 12.1 Å². The third-order valence-electron chi connectivity index (χ3n) is 2.46. The van der Waals surface area contributed by atoms with Crippen molar-refractivity contribution in [3.63, 3.8) is 0 Å². The van der Waals surface area contributed by atoms with Crippen LogP contribution in [0.25, 0.3) is 0 Å². The van der Waals surface area contributed by atoms with Crippen molar-refractivity contribution in [2.24, 2.45) is 0 Å². The molecule has 0 fully saturated rings. The summed E-state index contributed by atoms with van der Waals surface area (Å²) in [6.45, 7) is 2.98. The van der Waals surface area contributed by atoms with Crippen LogP contribution in [0.15, 0.2) is 18.2 Å². The lowest BCUT2D eigenvalue weighted by Crippen LogP contribution is -2.19. The van der Waals surface area contributed by atoms with Crippen LogP contribution in [-0.2, 0) is 0 Å². The lowest BCUT2D eigenvalue weighted by Gasteiger charge is -2.14. The Balaban J connectivity index is 2.48. The Kier molecular flexibility index (Phi) is 5.08. The fourth-order valence-electron chi connectivity index (χ4n) is 1.54. The minimum atomic E-state index is 0.0664.